The molecule has 10 nitrogen and oxygen atoms in total. The van der Waals surface area contributed by atoms with Gasteiger partial charge in [-0.25, -0.2) is 0 Å². The lowest BCUT2D eigenvalue weighted by Crippen LogP contribution is -2.68. The van der Waals surface area contributed by atoms with Gasteiger partial charge in [0.25, 0.3) is 0 Å². The van der Waals surface area contributed by atoms with Gasteiger partial charge in [-0.3, -0.25) is 14.4 Å². The minimum Gasteiger partial charge on any atom is -0.497 e. The number of carbonyl (C=O) groups excluding carboxylic acids is 3. The average Bonchev–Trinajstić information content (AvgIpc) is 0.777. The second-order valence-corrected chi connectivity index (χ2v) is 29.2. The van der Waals surface area contributed by atoms with Crippen LogP contribution in [0, 0.1) is 0 Å². The standard InChI is InChI=1S/C88H146O10/c1-5-8-11-14-17-20-23-26-29-32-35-38-41-44-47-50-59-66-80(89)96-86-84(94-74-77-64-57-54-58-65-77)83(93-73-76-62-55-53-56-63-76)85(95-75-78-69-71-79(92-4)72-70-78)87(97-81(90)67-60-51-48-45-42-39-36-33-30-27-24-21-18-15-12-9-6-2)88(86)98-82(91)68-61-52-49-46-43-40-37-34-31-28-25-22-19-16-13-10-7-3/h53-58,62-65,69-72,83-88H,5-52,59-61,66-68,73-75H2,1-4H3/t83-,84-,85-,86+,87-,88-/m0/s1. The molecule has 1 fully saturated rings. The second-order valence-electron chi connectivity index (χ2n) is 29.2. The van der Waals surface area contributed by atoms with Crippen LogP contribution in [-0.2, 0) is 62.6 Å². The van der Waals surface area contributed by atoms with Crippen LogP contribution in [0.4, 0.5) is 0 Å². The molecule has 0 unspecified atom stereocenters. The van der Waals surface area contributed by atoms with Crippen molar-refractivity contribution in [3.05, 3.63) is 102 Å². The summed E-state index contributed by atoms with van der Waals surface area (Å²) < 4.78 is 46.8. The largest absolute Gasteiger partial charge is 0.497 e. The molecule has 0 aromatic heterocycles. The quantitative estimate of drug-likeness (QED) is 0.0307. The Morgan fingerprint density at radius 1 is 0.245 bits per heavy atom. The van der Waals surface area contributed by atoms with Crippen LogP contribution in [0.15, 0.2) is 84.9 Å². The molecule has 0 N–H and O–H groups in total. The van der Waals surface area contributed by atoms with E-state index in [2.05, 4.69) is 20.8 Å². The third kappa shape index (κ3) is 43.5. The van der Waals surface area contributed by atoms with Crippen molar-refractivity contribution in [2.45, 2.75) is 424 Å². The van der Waals surface area contributed by atoms with Gasteiger partial charge in [0, 0.05) is 19.3 Å². The molecule has 10 heteroatoms. The molecule has 4 rings (SSSR count). The number of carbonyl (C=O) groups is 3. The van der Waals surface area contributed by atoms with E-state index in [1.165, 1.54) is 250 Å². The molecule has 1 saturated carbocycles. The van der Waals surface area contributed by atoms with Gasteiger partial charge >= 0.3 is 17.9 Å². The minimum atomic E-state index is -1.26. The third-order valence-corrected chi connectivity index (χ3v) is 20.4. The highest BCUT2D eigenvalue weighted by molar-refractivity contribution is 5.72. The fourth-order valence-electron chi connectivity index (χ4n) is 14.2. The van der Waals surface area contributed by atoms with Crippen LogP contribution in [0.5, 0.6) is 5.75 Å². The first-order chi connectivity index (χ1) is 48.4. The number of hydrogen-bond acceptors (Lipinski definition) is 10. The SMILES string of the molecule is CCCCCCCCCCCCCCCCCCCC(=O)O[C@H]1[C@H](OC(=O)CCCCCCCCCCCCCCCCCCC)[C@@H](OCc2ccccc2)[C@H](OCc2ccccc2)[C@H](OCc2ccc(OC)cc2)[C@@H]1OC(=O)CCCCCCCCCCCCCCCCCCC. The van der Waals surface area contributed by atoms with Gasteiger partial charge in [-0.05, 0) is 48.1 Å². The summed E-state index contributed by atoms with van der Waals surface area (Å²) >= 11 is 0. The first-order valence-electron chi connectivity index (χ1n) is 41.5. The van der Waals surface area contributed by atoms with Crippen molar-refractivity contribution in [1.82, 2.24) is 0 Å². The number of hydrogen-bond donors (Lipinski definition) is 0. The van der Waals surface area contributed by atoms with Crippen LogP contribution >= 0.6 is 0 Å². The van der Waals surface area contributed by atoms with Crippen LogP contribution < -0.4 is 4.74 Å². The zero-order valence-electron chi connectivity index (χ0n) is 63.4. The van der Waals surface area contributed by atoms with Gasteiger partial charge in [-0.15, -0.1) is 0 Å². The minimum absolute atomic E-state index is 0.113. The molecule has 0 amide bonds. The van der Waals surface area contributed by atoms with Crippen molar-refractivity contribution in [3.8, 4) is 5.75 Å². The number of rotatable bonds is 67. The lowest BCUT2D eigenvalue weighted by atomic mass is 9.83. The summed E-state index contributed by atoms with van der Waals surface area (Å²) in [7, 11) is 1.64. The average molecular weight is 1360 g/mol. The predicted molar refractivity (Wildman–Crippen MR) is 408 cm³/mol. The Hall–Kier alpha value is -4.25. The van der Waals surface area contributed by atoms with Crippen LogP contribution in [-0.4, -0.2) is 61.6 Å². The predicted octanol–water partition coefficient (Wildman–Crippen LogP) is 25.6. The number of benzene rings is 3. The van der Waals surface area contributed by atoms with Crippen LogP contribution in [0.1, 0.15) is 384 Å². The van der Waals surface area contributed by atoms with Crippen molar-refractivity contribution in [3.63, 3.8) is 0 Å². The van der Waals surface area contributed by atoms with Gasteiger partial charge < -0.3 is 33.2 Å². The lowest BCUT2D eigenvalue weighted by molar-refractivity contribution is -0.275. The summed E-state index contributed by atoms with van der Waals surface area (Å²) in [5, 5.41) is 0. The molecule has 98 heavy (non-hydrogen) atoms. The molecular formula is C88H146O10. The molecule has 3 aromatic carbocycles. The van der Waals surface area contributed by atoms with Crippen molar-refractivity contribution >= 4 is 17.9 Å². The molecule has 0 aliphatic heterocycles. The summed E-state index contributed by atoms with van der Waals surface area (Å²) in [6, 6.07) is 27.5. The fraction of sp³-hybridized carbons (Fsp3) is 0.761. The van der Waals surface area contributed by atoms with Crippen LogP contribution in [0.25, 0.3) is 0 Å². The summed E-state index contributed by atoms with van der Waals surface area (Å²) in [6.07, 6.45) is 57.4. The van der Waals surface area contributed by atoms with Crippen LogP contribution in [0.2, 0.25) is 0 Å². The number of methoxy groups -OCH3 is 1. The second kappa shape index (κ2) is 61.4. The first-order valence-corrected chi connectivity index (χ1v) is 41.5. The topological polar surface area (TPSA) is 116 Å². The van der Waals surface area contributed by atoms with Crippen molar-refractivity contribution in [1.29, 1.82) is 0 Å². The van der Waals surface area contributed by atoms with Gasteiger partial charge in [0.15, 0.2) is 18.3 Å². The molecular weight excluding hydrogens is 1220 g/mol. The fourth-order valence-corrected chi connectivity index (χ4v) is 14.2. The van der Waals surface area contributed by atoms with E-state index < -0.39 is 54.5 Å². The van der Waals surface area contributed by atoms with Gasteiger partial charge in [0.1, 0.15) is 24.1 Å². The highest BCUT2D eigenvalue weighted by Crippen LogP contribution is 2.37. The van der Waals surface area contributed by atoms with Gasteiger partial charge in [0.2, 0.25) is 0 Å². The van der Waals surface area contributed by atoms with E-state index in [4.69, 9.17) is 33.2 Å². The lowest BCUT2D eigenvalue weighted by Gasteiger charge is -2.48. The van der Waals surface area contributed by atoms with Crippen molar-refractivity contribution in [2.75, 3.05) is 7.11 Å². The maximum absolute atomic E-state index is 14.6. The van der Waals surface area contributed by atoms with E-state index in [0.717, 1.165) is 74.5 Å². The maximum Gasteiger partial charge on any atom is 0.306 e. The highest BCUT2D eigenvalue weighted by Gasteiger charge is 2.58. The molecule has 6 atom stereocenters. The van der Waals surface area contributed by atoms with Gasteiger partial charge in [-0.2, -0.15) is 0 Å². The molecule has 0 bridgehead atoms. The van der Waals surface area contributed by atoms with E-state index in [1.54, 1.807) is 7.11 Å². The number of esters is 3. The van der Waals surface area contributed by atoms with E-state index in [9.17, 15) is 14.4 Å². The smallest absolute Gasteiger partial charge is 0.306 e. The molecule has 3 aromatic rings. The monoisotopic (exact) mass is 1360 g/mol. The summed E-state index contributed by atoms with van der Waals surface area (Å²) in [5.74, 6) is -0.542. The molecule has 0 saturated heterocycles. The van der Waals surface area contributed by atoms with Crippen molar-refractivity contribution < 1.29 is 47.5 Å². The molecule has 1 aliphatic rings. The van der Waals surface area contributed by atoms with E-state index in [1.807, 2.05) is 84.9 Å². The van der Waals surface area contributed by atoms with E-state index in [-0.39, 0.29) is 39.1 Å². The Morgan fingerprint density at radius 2 is 0.439 bits per heavy atom. The molecule has 1 aliphatic carbocycles. The van der Waals surface area contributed by atoms with E-state index in [0.29, 0.717) is 25.0 Å². The zero-order valence-corrected chi connectivity index (χ0v) is 63.4. The zero-order chi connectivity index (χ0) is 69.7. The molecule has 558 valence electrons. The molecule has 0 radical (unpaired) electrons. The Balaban J connectivity index is 1.51. The first kappa shape index (κ1) is 86.2. The summed E-state index contributed by atoms with van der Waals surface area (Å²) in [5.41, 5.74) is 2.69. The van der Waals surface area contributed by atoms with E-state index >= 15 is 0 Å². The summed E-state index contributed by atoms with van der Waals surface area (Å²) in [4.78, 5) is 43.8. The number of ether oxygens (including phenoxy) is 7. The molecule has 0 heterocycles. The normalized spacial score (nSPS) is 16.9. The maximum atomic E-state index is 14.6. The molecule has 0 spiro atoms. The Labute approximate surface area is 600 Å². The Morgan fingerprint density at radius 3 is 0.663 bits per heavy atom. The van der Waals surface area contributed by atoms with Gasteiger partial charge in [-0.1, -0.05) is 402 Å². The van der Waals surface area contributed by atoms with Crippen molar-refractivity contribution in [2.24, 2.45) is 0 Å². The Bertz CT molecular complexity index is 2270. The van der Waals surface area contributed by atoms with Gasteiger partial charge in [0.05, 0.1) is 26.9 Å². The third-order valence-electron chi connectivity index (χ3n) is 20.4. The summed E-state index contributed by atoms with van der Waals surface area (Å²) in [6.45, 7) is 7.28. The Kier molecular flexibility index (Phi) is 54.0. The number of unbranched alkanes of at least 4 members (excludes halogenated alkanes) is 48. The van der Waals surface area contributed by atoms with Crippen LogP contribution in [0.3, 0.4) is 0 Å². The highest BCUT2D eigenvalue weighted by atomic mass is 16.7.